The Morgan fingerprint density at radius 2 is 2.06 bits per heavy atom. The predicted molar refractivity (Wildman–Crippen MR) is 73.6 cm³/mol. The zero-order valence-corrected chi connectivity index (χ0v) is 12.3. The Bertz CT molecular complexity index is 356. The summed E-state index contributed by atoms with van der Waals surface area (Å²) in [5, 5.41) is 3.15. The Labute approximate surface area is 112 Å². The molecule has 0 amide bonds. The third-order valence-corrected chi connectivity index (χ3v) is 2.88. The number of halogens is 1. The quantitative estimate of drug-likeness (QED) is 0.786. The molecule has 17 heavy (non-hydrogen) atoms. The summed E-state index contributed by atoms with van der Waals surface area (Å²) in [6, 6.07) is 4.17. The maximum absolute atomic E-state index is 5.84. The van der Waals surface area contributed by atoms with Crippen molar-refractivity contribution in [2.75, 3.05) is 27.4 Å². The van der Waals surface area contributed by atoms with E-state index >= 15 is 0 Å². The van der Waals surface area contributed by atoms with Gasteiger partial charge in [0.05, 0.1) is 6.61 Å². The molecule has 0 aliphatic carbocycles. The van der Waals surface area contributed by atoms with E-state index in [1.807, 2.05) is 7.05 Å². The van der Waals surface area contributed by atoms with Gasteiger partial charge in [-0.3, -0.25) is 0 Å². The van der Waals surface area contributed by atoms with Crippen LogP contribution in [0.5, 0.6) is 5.75 Å². The smallest absolute Gasteiger partial charge is 0.126 e. The number of ether oxygens (including phenoxy) is 2. The summed E-state index contributed by atoms with van der Waals surface area (Å²) in [6.07, 6.45) is 0.908. The van der Waals surface area contributed by atoms with Crippen LogP contribution in [0.4, 0.5) is 0 Å². The predicted octanol–water partition coefficient (Wildman–Crippen LogP) is 2.89. The summed E-state index contributed by atoms with van der Waals surface area (Å²) >= 11 is 3.51. The third kappa shape index (κ3) is 4.66. The molecule has 0 aliphatic rings. The molecule has 0 saturated heterocycles. The average molecular weight is 302 g/mol. The molecule has 0 atom stereocenters. The van der Waals surface area contributed by atoms with Crippen LogP contribution >= 0.6 is 15.9 Å². The maximum Gasteiger partial charge on any atom is 0.126 e. The van der Waals surface area contributed by atoms with Crippen molar-refractivity contribution in [3.05, 3.63) is 27.7 Å². The highest BCUT2D eigenvalue weighted by molar-refractivity contribution is 9.10. The van der Waals surface area contributed by atoms with Crippen molar-refractivity contribution in [2.24, 2.45) is 0 Å². The number of hydrogen-bond acceptors (Lipinski definition) is 3. The van der Waals surface area contributed by atoms with Gasteiger partial charge < -0.3 is 14.8 Å². The highest BCUT2D eigenvalue weighted by atomic mass is 79.9. The molecule has 0 aromatic heterocycles. The van der Waals surface area contributed by atoms with E-state index < -0.39 is 0 Å². The van der Waals surface area contributed by atoms with Crippen LogP contribution in [0.3, 0.4) is 0 Å². The van der Waals surface area contributed by atoms with E-state index in [1.54, 1.807) is 7.11 Å². The molecule has 0 saturated carbocycles. The van der Waals surface area contributed by atoms with Gasteiger partial charge in [-0.15, -0.1) is 0 Å². The topological polar surface area (TPSA) is 30.5 Å². The lowest BCUT2D eigenvalue weighted by molar-refractivity contribution is 0.171. The molecule has 0 bridgehead atoms. The maximum atomic E-state index is 5.84. The van der Waals surface area contributed by atoms with Crippen molar-refractivity contribution in [3.63, 3.8) is 0 Å². The first-order valence-electron chi connectivity index (χ1n) is 5.74. The van der Waals surface area contributed by atoms with E-state index in [-0.39, 0.29) is 0 Å². The van der Waals surface area contributed by atoms with E-state index in [0.717, 1.165) is 35.4 Å². The van der Waals surface area contributed by atoms with Gasteiger partial charge in [-0.1, -0.05) is 15.9 Å². The molecule has 0 unspecified atom stereocenters. The van der Waals surface area contributed by atoms with Gasteiger partial charge in [0.15, 0.2) is 0 Å². The minimum Gasteiger partial charge on any atom is -0.493 e. The molecule has 1 N–H and O–H groups in total. The van der Waals surface area contributed by atoms with Crippen molar-refractivity contribution < 1.29 is 9.47 Å². The van der Waals surface area contributed by atoms with E-state index in [9.17, 15) is 0 Å². The van der Waals surface area contributed by atoms with Crippen LogP contribution in [0.15, 0.2) is 16.6 Å². The fourth-order valence-electron chi connectivity index (χ4n) is 1.71. The highest BCUT2D eigenvalue weighted by Gasteiger charge is 2.08. The van der Waals surface area contributed by atoms with Crippen LogP contribution in [0, 0.1) is 6.92 Å². The van der Waals surface area contributed by atoms with Crippen molar-refractivity contribution in [1.29, 1.82) is 0 Å². The van der Waals surface area contributed by atoms with Crippen LogP contribution in [-0.2, 0) is 11.3 Å². The van der Waals surface area contributed by atoms with Gasteiger partial charge in [-0.2, -0.15) is 0 Å². The zero-order chi connectivity index (χ0) is 12.7. The molecular weight excluding hydrogens is 282 g/mol. The second kappa shape index (κ2) is 7.69. The third-order valence-electron chi connectivity index (χ3n) is 2.42. The van der Waals surface area contributed by atoms with Gasteiger partial charge in [0, 0.05) is 36.7 Å². The minimum atomic E-state index is 0.688. The number of methoxy groups -OCH3 is 1. The van der Waals surface area contributed by atoms with E-state index in [4.69, 9.17) is 9.47 Å². The molecule has 0 spiro atoms. The van der Waals surface area contributed by atoms with E-state index in [2.05, 4.69) is 40.3 Å². The molecule has 1 aromatic carbocycles. The highest BCUT2D eigenvalue weighted by Crippen LogP contribution is 2.28. The second-order valence-corrected chi connectivity index (χ2v) is 4.85. The van der Waals surface area contributed by atoms with Crippen molar-refractivity contribution in [2.45, 2.75) is 19.9 Å². The van der Waals surface area contributed by atoms with Crippen molar-refractivity contribution in [1.82, 2.24) is 5.32 Å². The monoisotopic (exact) mass is 301 g/mol. The van der Waals surface area contributed by atoms with Gasteiger partial charge in [-0.25, -0.2) is 0 Å². The van der Waals surface area contributed by atoms with Crippen molar-refractivity contribution >= 4 is 15.9 Å². The number of nitrogens with one attached hydrogen (secondary N) is 1. The molecule has 0 fully saturated rings. The van der Waals surface area contributed by atoms with Crippen LogP contribution in [-0.4, -0.2) is 27.4 Å². The SMILES string of the molecule is CNCc1cc(Br)cc(C)c1OCCCOC. The van der Waals surface area contributed by atoms with Gasteiger partial charge >= 0.3 is 0 Å². The fraction of sp³-hybridized carbons (Fsp3) is 0.538. The molecule has 0 radical (unpaired) electrons. The van der Waals surface area contributed by atoms with Crippen LogP contribution < -0.4 is 10.1 Å². The molecule has 1 rings (SSSR count). The fourth-order valence-corrected chi connectivity index (χ4v) is 2.32. The number of aryl methyl sites for hydroxylation is 1. The summed E-state index contributed by atoms with van der Waals surface area (Å²) < 4.78 is 11.9. The Balaban J connectivity index is 2.73. The second-order valence-electron chi connectivity index (χ2n) is 3.94. The lowest BCUT2D eigenvalue weighted by Gasteiger charge is -2.14. The lowest BCUT2D eigenvalue weighted by atomic mass is 10.1. The number of hydrogen-bond donors (Lipinski definition) is 1. The molecule has 0 aliphatic heterocycles. The standard InChI is InChI=1S/C13H20BrNO2/c1-10-7-12(14)8-11(9-15-2)13(10)17-6-4-5-16-3/h7-8,15H,4-6,9H2,1-3H3. The molecule has 4 heteroatoms. The Hall–Kier alpha value is -0.580. The average Bonchev–Trinajstić information content (AvgIpc) is 2.27. The number of benzene rings is 1. The summed E-state index contributed by atoms with van der Waals surface area (Å²) in [4.78, 5) is 0. The molecule has 0 heterocycles. The Morgan fingerprint density at radius 3 is 2.71 bits per heavy atom. The van der Waals surface area contributed by atoms with Crippen LogP contribution in [0.25, 0.3) is 0 Å². The largest absolute Gasteiger partial charge is 0.493 e. The van der Waals surface area contributed by atoms with Crippen LogP contribution in [0.1, 0.15) is 17.5 Å². The summed E-state index contributed by atoms with van der Waals surface area (Å²) in [6.45, 7) is 4.29. The van der Waals surface area contributed by atoms with E-state index in [1.165, 1.54) is 5.56 Å². The summed E-state index contributed by atoms with van der Waals surface area (Å²) in [7, 11) is 3.64. The van der Waals surface area contributed by atoms with Gasteiger partial charge in [0.2, 0.25) is 0 Å². The van der Waals surface area contributed by atoms with Gasteiger partial charge in [0.1, 0.15) is 5.75 Å². The lowest BCUT2D eigenvalue weighted by Crippen LogP contribution is -2.10. The number of rotatable bonds is 7. The molecule has 3 nitrogen and oxygen atoms in total. The minimum absolute atomic E-state index is 0.688. The Kier molecular flexibility index (Phi) is 6.55. The first-order chi connectivity index (χ1) is 8.19. The Morgan fingerprint density at radius 1 is 1.29 bits per heavy atom. The normalized spacial score (nSPS) is 10.6. The van der Waals surface area contributed by atoms with Gasteiger partial charge in [-0.05, 0) is 31.7 Å². The first-order valence-corrected chi connectivity index (χ1v) is 6.53. The van der Waals surface area contributed by atoms with Gasteiger partial charge in [0.25, 0.3) is 0 Å². The van der Waals surface area contributed by atoms with Crippen LogP contribution in [0.2, 0.25) is 0 Å². The summed E-state index contributed by atoms with van der Waals surface area (Å²) in [5.41, 5.74) is 2.33. The van der Waals surface area contributed by atoms with Crippen molar-refractivity contribution in [3.8, 4) is 5.75 Å². The zero-order valence-electron chi connectivity index (χ0n) is 10.7. The summed E-state index contributed by atoms with van der Waals surface area (Å²) in [5.74, 6) is 0.985. The molecule has 96 valence electrons. The first kappa shape index (κ1) is 14.5. The molecular formula is C13H20BrNO2. The molecule has 1 aromatic rings. The van der Waals surface area contributed by atoms with E-state index in [0.29, 0.717) is 6.61 Å².